The Balaban J connectivity index is 1.87. The first-order chi connectivity index (χ1) is 13.8. The lowest BCUT2D eigenvalue weighted by Gasteiger charge is -2.31. The van der Waals surface area contributed by atoms with Gasteiger partial charge in [-0.05, 0) is 31.2 Å². The number of methoxy groups -OCH3 is 2. The van der Waals surface area contributed by atoms with E-state index < -0.39 is 23.8 Å². The summed E-state index contributed by atoms with van der Waals surface area (Å²) in [5, 5.41) is 5.16. The molecule has 1 fully saturated rings. The smallest absolute Gasteiger partial charge is 0.335 e. The van der Waals surface area contributed by atoms with Crippen molar-refractivity contribution in [3.8, 4) is 11.5 Å². The molecule has 0 bridgehead atoms. The number of hydrogen-bond donors (Lipinski definition) is 2. The van der Waals surface area contributed by atoms with Crippen LogP contribution in [0.15, 0.2) is 54.7 Å². The highest BCUT2D eigenvalue weighted by molar-refractivity contribution is 6.28. The van der Waals surface area contributed by atoms with Crippen molar-refractivity contribution in [3.63, 3.8) is 0 Å². The largest absolute Gasteiger partial charge is 0.497 e. The number of aryl methyl sites for hydroxylation is 1. The van der Waals surface area contributed by atoms with Crippen molar-refractivity contribution in [2.45, 2.75) is 6.92 Å². The number of carbonyl (C=O) groups excluding carboxylic acids is 3. The van der Waals surface area contributed by atoms with Crippen molar-refractivity contribution in [1.29, 1.82) is 0 Å². The molecule has 8 heteroatoms. The number of nitrogens with one attached hydrogen (secondary N) is 2. The highest BCUT2D eigenvalue weighted by Gasteiger charge is 2.43. The molecule has 4 amide bonds. The normalized spacial score (nSPS) is 16.3. The average molecular weight is 395 g/mol. The van der Waals surface area contributed by atoms with Crippen LogP contribution in [0.2, 0.25) is 0 Å². The quantitative estimate of drug-likeness (QED) is 0.730. The number of rotatable bonds is 6. The lowest BCUT2D eigenvalue weighted by Crippen LogP contribution is -2.59. The predicted octanol–water partition coefficient (Wildman–Crippen LogP) is 2.84. The minimum Gasteiger partial charge on any atom is -0.497 e. The number of carbonyl (C=O) groups is 3. The zero-order valence-electron chi connectivity index (χ0n) is 16.3. The maximum Gasteiger partial charge on any atom is 0.335 e. The van der Waals surface area contributed by atoms with Gasteiger partial charge in [0.05, 0.1) is 25.6 Å². The van der Waals surface area contributed by atoms with Crippen LogP contribution in [0.5, 0.6) is 11.5 Å². The zero-order valence-corrected chi connectivity index (χ0v) is 16.3. The molecule has 8 nitrogen and oxygen atoms in total. The molecule has 150 valence electrons. The summed E-state index contributed by atoms with van der Waals surface area (Å²) in [6, 6.07) is 11.1. The van der Waals surface area contributed by atoms with Gasteiger partial charge in [0.1, 0.15) is 11.5 Å². The summed E-state index contributed by atoms with van der Waals surface area (Å²) in [6.45, 7) is 5.73. The Labute approximate surface area is 168 Å². The van der Waals surface area contributed by atoms with Crippen LogP contribution >= 0.6 is 0 Å². The van der Waals surface area contributed by atoms with Gasteiger partial charge < -0.3 is 14.8 Å². The summed E-state index contributed by atoms with van der Waals surface area (Å²) in [5.41, 5.74) is 1.95. The van der Waals surface area contributed by atoms with Gasteiger partial charge in [-0.1, -0.05) is 24.3 Å². The van der Waals surface area contributed by atoms with E-state index in [1.54, 1.807) is 42.5 Å². The van der Waals surface area contributed by atoms with E-state index in [4.69, 9.17) is 9.47 Å². The topological polar surface area (TPSA) is 97.0 Å². The van der Waals surface area contributed by atoms with Crippen molar-refractivity contribution < 1.29 is 23.9 Å². The van der Waals surface area contributed by atoms with Crippen molar-refractivity contribution in [1.82, 2.24) is 5.32 Å². The Morgan fingerprint density at radius 1 is 1.07 bits per heavy atom. The molecule has 2 aromatic rings. The maximum atomic E-state index is 13.0. The molecule has 1 saturated heterocycles. The molecule has 2 aromatic carbocycles. The molecule has 0 aromatic heterocycles. The summed E-state index contributed by atoms with van der Waals surface area (Å²) in [7, 11) is 3.02. The summed E-state index contributed by atoms with van der Waals surface area (Å²) in [6.07, 6.45) is 0. The van der Waals surface area contributed by atoms with Crippen molar-refractivity contribution in [2.24, 2.45) is 5.92 Å². The molecule has 1 aliphatic rings. The highest BCUT2D eigenvalue weighted by atomic mass is 16.5. The van der Waals surface area contributed by atoms with Gasteiger partial charge in [-0.3, -0.25) is 14.9 Å². The number of hydrogen-bond acceptors (Lipinski definition) is 6. The molecule has 0 radical (unpaired) electrons. The van der Waals surface area contributed by atoms with Gasteiger partial charge in [0.2, 0.25) is 5.91 Å². The van der Waals surface area contributed by atoms with E-state index >= 15 is 0 Å². The molecule has 3 rings (SSSR count). The molecule has 0 aliphatic carbocycles. The first-order valence-electron chi connectivity index (χ1n) is 8.79. The van der Waals surface area contributed by atoms with E-state index in [9.17, 15) is 14.4 Å². The SMILES string of the molecule is C=C(Nc1ccc(OC)cc1OC)[C@@H]1C(=O)NC(=O)N(c2ccc(C)cc2)C1=O. The Morgan fingerprint density at radius 3 is 2.38 bits per heavy atom. The van der Waals surface area contributed by atoms with Crippen molar-refractivity contribution >= 4 is 29.2 Å². The average Bonchev–Trinajstić information content (AvgIpc) is 2.69. The fraction of sp³-hybridized carbons (Fsp3) is 0.190. The lowest BCUT2D eigenvalue weighted by molar-refractivity contribution is -0.132. The Kier molecular flexibility index (Phi) is 5.54. The van der Waals surface area contributed by atoms with E-state index in [1.165, 1.54) is 14.2 Å². The van der Waals surface area contributed by atoms with E-state index in [2.05, 4.69) is 17.2 Å². The molecule has 1 heterocycles. The molecule has 1 aliphatic heterocycles. The van der Waals surface area contributed by atoms with E-state index in [0.29, 0.717) is 22.9 Å². The van der Waals surface area contributed by atoms with Crippen molar-refractivity contribution in [2.75, 3.05) is 24.4 Å². The van der Waals surface area contributed by atoms with Gasteiger partial charge in [0.25, 0.3) is 5.91 Å². The summed E-state index contributed by atoms with van der Waals surface area (Å²) in [5.74, 6) is -1.69. The predicted molar refractivity (Wildman–Crippen MR) is 108 cm³/mol. The van der Waals surface area contributed by atoms with E-state index in [0.717, 1.165) is 10.5 Å². The van der Waals surface area contributed by atoms with Crippen LogP contribution in [0.3, 0.4) is 0 Å². The number of ether oxygens (including phenoxy) is 2. The Morgan fingerprint density at radius 2 is 1.76 bits per heavy atom. The minimum atomic E-state index is -1.29. The van der Waals surface area contributed by atoms with Crippen LogP contribution in [0, 0.1) is 12.8 Å². The first kappa shape index (κ1) is 19.9. The molecule has 0 spiro atoms. The number of amides is 4. The number of imide groups is 2. The molecular weight excluding hydrogens is 374 g/mol. The Bertz CT molecular complexity index is 984. The van der Waals surface area contributed by atoms with Gasteiger partial charge in [-0.15, -0.1) is 0 Å². The molecule has 0 unspecified atom stereocenters. The number of benzene rings is 2. The van der Waals surface area contributed by atoms with Gasteiger partial charge in [0, 0.05) is 11.8 Å². The monoisotopic (exact) mass is 395 g/mol. The Hall–Kier alpha value is -3.81. The third kappa shape index (κ3) is 3.91. The number of urea groups is 1. The molecule has 29 heavy (non-hydrogen) atoms. The maximum absolute atomic E-state index is 13.0. The second-order valence-corrected chi connectivity index (χ2v) is 6.45. The number of nitrogens with zero attached hydrogens (tertiary/aromatic N) is 1. The van der Waals surface area contributed by atoms with Crippen LogP contribution in [-0.4, -0.2) is 32.1 Å². The standard InChI is InChI=1S/C21H21N3O5/c1-12-5-7-14(8-6-12)24-20(26)18(19(25)23-21(24)27)13(2)22-16-10-9-15(28-3)11-17(16)29-4/h5-11,18,22H,2H2,1,3-4H3,(H,23,25,27)/t18-/m1/s1. The van der Waals surface area contributed by atoms with Crippen molar-refractivity contribution in [3.05, 3.63) is 60.3 Å². The van der Waals surface area contributed by atoms with Crippen LogP contribution in [0.25, 0.3) is 0 Å². The number of anilines is 2. The van der Waals surface area contributed by atoms with Gasteiger partial charge in [-0.25, -0.2) is 9.69 Å². The van der Waals surface area contributed by atoms with Gasteiger partial charge >= 0.3 is 6.03 Å². The fourth-order valence-electron chi connectivity index (χ4n) is 2.97. The lowest BCUT2D eigenvalue weighted by atomic mass is 10.00. The third-order valence-electron chi connectivity index (χ3n) is 4.51. The summed E-state index contributed by atoms with van der Waals surface area (Å²) >= 11 is 0. The van der Waals surface area contributed by atoms with Gasteiger partial charge in [0.15, 0.2) is 5.92 Å². The second-order valence-electron chi connectivity index (χ2n) is 6.45. The highest BCUT2D eigenvalue weighted by Crippen LogP contribution is 2.32. The second kappa shape index (κ2) is 8.05. The minimum absolute atomic E-state index is 0.112. The molecule has 1 atom stereocenters. The molecule has 0 saturated carbocycles. The van der Waals surface area contributed by atoms with Crippen LogP contribution in [0.4, 0.5) is 16.2 Å². The first-order valence-corrected chi connectivity index (χ1v) is 8.79. The molecule has 2 N–H and O–H groups in total. The third-order valence-corrected chi connectivity index (χ3v) is 4.51. The van der Waals surface area contributed by atoms with Gasteiger partial charge in [-0.2, -0.15) is 0 Å². The summed E-state index contributed by atoms with van der Waals surface area (Å²) < 4.78 is 10.5. The van der Waals surface area contributed by atoms with Crippen LogP contribution in [0.1, 0.15) is 5.56 Å². The fourth-order valence-corrected chi connectivity index (χ4v) is 2.97. The van der Waals surface area contributed by atoms with E-state index in [-0.39, 0.29) is 5.70 Å². The van der Waals surface area contributed by atoms with Crippen LogP contribution < -0.4 is 25.0 Å². The summed E-state index contributed by atoms with van der Waals surface area (Å²) in [4.78, 5) is 38.6. The van der Waals surface area contributed by atoms with E-state index in [1.807, 2.05) is 6.92 Å². The number of barbiturate groups is 1. The molecular formula is C21H21N3O5. The van der Waals surface area contributed by atoms with Crippen LogP contribution in [-0.2, 0) is 9.59 Å². The zero-order chi connectivity index (χ0) is 21.1.